The van der Waals surface area contributed by atoms with E-state index in [9.17, 15) is 28.0 Å². The van der Waals surface area contributed by atoms with Crippen molar-refractivity contribution in [3.8, 4) is 0 Å². The van der Waals surface area contributed by atoms with Crippen LogP contribution in [0.15, 0.2) is 4.99 Å². The maximum Gasteiger partial charge on any atom is 1.00 e. The quantitative estimate of drug-likeness (QED) is 0.0917. The van der Waals surface area contributed by atoms with Gasteiger partial charge in [-0.1, -0.05) is 90.4 Å². The van der Waals surface area contributed by atoms with Crippen molar-refractivity contribution in [2.75, 3.05) is 38.5 Å². The molecule has 0 saturated heterocycles. The Hall–Kier alpha value is 0.130. The van der Waals surface area contributed by atoms with Crippen molar-refractivity contribution in [1.82, 2.24) is 0 Å². The smallest absolute Gasteiger partial charge is 0.748 e. The van der Waals surface area contributed by atoms with Crippen LogP contribution in [0.5, 0.6) is 0 Å². The summed E-state index contributed by atoms with van der Waals surface area (Å²) in [6.45, 7) is 2.88. The van der Waals surface area contributed by atoms with E-state index in [2.05, 4.69) is 11.9 Å². The van der Waals surface area contributed by atoms with Crippen LogP contribution in [0.1, 0.15) is 103 Å². The second-order valence-electron chi connectivity index (χ2n) is 9.85. The van der Waals surface area contributed by atoms with Gasteiger partial charge in [0.05, 0.1) is 29.0 Å². The number of amidine groups is 1. The van der Waals surface area contributed by atoms with E-state index < -0.39 is 22.0 Å². The second-order valence-corrected chi connectivity index (χ2v) is 11.3. The topological polar surface area (TPSA) is 127 Å². The van der Waals surface area contributed by atoms with Crippen LogP contribution >= 0.6 is 0 Å². The molecule has 1 heterocycles. The van der Waals surface area contributed by atoms with Gasteiger partial charge in [0.2, 0.25) is 5.78 Å². The van der Waals surface area contributed by atoms with Gasteiger partial charge in [-0.2, -0.15) is 0 Å². The molecule has 8 nitrogen and oxygen atoms in total. The molecule has 2 N–H and O–H groups in total. The number of unbranched alkanes of at least 4 members (excludes halogenated alkanes) is 13. The number of aliphatic imine (C=N–C) groups is 1. The molecule has 0 aliphatic carbocycles. The number of carbonyl (C=O) groups is 1. The molecular formula is C25H48N2NaO6S+. The van der Waals surface area contributed by atoms with E-state index in [1.165, 1.54) is 70.6 Å². The first-order valence-electron chi connectivity index (χ1n) is 13.4. The fraction of sp³-hybridized carbons (Fsp3) is 0.920. The van der Waals surface area contributed by atoms with Crippen LogP contribution < -0.4 is 29.6 Å². The van der Waals surface area contributed by atoms with Crippen LogP contribution in [0, 0.1) is 0 Å². The Labute approximate surface area is 235 Å². The monoisotopic (exact) mass is 527 g/mol. The second kappa shape index (κ2) is 20.1. The zero-order valence-corrected chi connectivity index (χ0v) is 25.1. The van der Waals surface area contributed by atoms with E-state index in [4.69, 9.17) is 0 Å². The van der Waals surface area contributed by atoms with Gasteiger partial charge in [-0.25, -0.2) is 13.4 Å². The van der Waals surface area contributed by atoms with Gasteiger partial charge in [0.25, 0.3) is 5.84 Å². The van der Waals surface area contributed by atoms with E-state index in [1.807, 2.05) is 0 Å². The summed E-state index contributed by atoms with van der Waals surface area (Å²) >= 11 is 0. The summed E-state index contributed by atoms with van der Waals surface area (Å²) in [5, 5.41) is 19.6. The maximum absolute atomic E-state index is 12.8. The Morgan fingerprint density at radius 3 is 1.91 bits per heavy atom. The number of quaternary nitrogens is 1. The molecule has 0 bridgehead atoms. The van der Waals surface area contributed by atoms with Crippen LogP contribution in [-0.4, -0.2) is 83.9 Å². The molecule has 0 aromatic carbocycles. The standard InChI is InChI=1S/C25H48N2O6S.Na/c1-2-3-4-5-6-7-8-9-10-11-12-13-14-15-16-24(30)25-26-17-18-27(25,19-20-28)21-23(29)22-34(31,32)33;/h23,28-29H,2-22H2,1H3;/q;+1. The van der Waals surface area contributed by atoms with Gasteiger partial charge >= 0.3 is 29.6 Å². The van der Waals surface area contributed by atoms with Crippen LogP contribution in [0.2, 0.25) is 0 Å². The molecule has 10 heteroatoms. The van der Waals surface area contributed by atoms with Crippen molar-refractivity contribution in [3.05, 3.63) is 0 Å². The fourth-order valence-corrected chi connectivity index (χ4v) is 5.49. The Kier molecular flexibility index (Phi) is 20.2. The number of nitrogens with zero attached hydrogens (tertiary/aromatic N) is 2. The first kappa shape index (κ1) is 35.1. The third-order valence-electron chi connectivity index (χ3n) is 6.73. The predicted molar refractivity (Wildman–Crippen MR) is 135 cm³/mol. The molecule has 35 heavy (non-hydrogen) atoms. The van der Waals surface area contributed by atoms with Crippen molar-refractivity contribution >= 4 is 21.7 Å². The van der Waals surface area contributed by atoms with Gasteiger partial charge < -0.3 is 14.8 Å². The van der Waals surface area contributed by atoms with Gasteiger partial charge in [-0.05, 0) is 6.42 Å². The molecular weight excluding hydrogens is 479 g/mol. The minimum absolute atomic E-state index is 0. The summed E-state index contributed by atoms with van der Waals surface area (Å²) in [6, 6.07) is 0. The largest absolute Gasteiger partial charge is 1.00 e. The molecule has 0 fully saturated rings. The summed E-state index contributed by atoms with van der Waals surface area (Å²) in [5.41, 5.74) is 0. The number of hydrogen-bond donors (Lipinski definition) is 2. The molecule has 0 spiro atoms. The number of aliphatic hydroxyl groups excluding tert-OH is 2. The number of hydrogen-bond acceptors (Lipinski definition) is 7. The molecule has 0 aromatic rings. The first-order chi connectivity index (χ1) is 16.2. The molecule has 0 saturated carbocycles. The predicted octanol–water partition coefficient (Wildman–Crippen LogP) is 0.558. The van der Waals surface area contributed by atoms with E-state index in [1.54, 1.807) is 0 Å². The Bertz CT molecular complexity index is 704. The van der Waals surface area contributed by atoms with Gasteiger partial charge in [0.1, 0.15) is 25.7 Å². The minimum atomic E-state index is -4.58. The van der Waals surface area contributed by atoms with Gasteiger partial charge in [0, 0.05) is 6.42 Å². The molecule has 0 radical (unpaired) electrons. The average molecular weight is 528 g/mol. The SMILES string of the molecule is CCCCCCCCCCCCCCCCC(=O)C1=NCC[N+]1(CCO)CC(O)CS(=O)(=O)[O-].[Na+]. The zero-order chi connectivity index (χ0) is 25.3. The maximum atomic E-state index is 12.8. The summed E-state index contributed by atoms with van der Waals surface area (Å²) in [6.07, 6.45) is 16.3. The van der Waals surface area contributed by atoms with E-state index in [0.29, 0.717) is 25.3 Å². The summed E-state index contributed by atoms with van der Waals surface area (Å²) in [5.74, 6) is -0.716. The van der Waals surface area contributed by atoms with Crippen LogP contribution in [0.4, 0.5) is 0 Å². The van der Waals surface area contributed by atoms with Gasteiger partial charge in [-0.3, -0.25) is 9.28 Å². The zero-order valence-electron chi connectivity index (χ0n) is 22.3. The minimum Gasteiger partial charge on any atom is -0.748 e. The van der Waals surface area contributed by atoms with Gasteiger partial charge in [0.15, 0.2) is 0 Å². The Morgan fingerprint density at radius 2 is 1.46 bits per heavy atom. The number of ketones is 1. The van der Waals surface area contributed by atoms with Crippen molar-refractivity contribution in [3.63, 3.8) is 0 Å². The van der Waals surface area contributed by atoms with Crippen molar-refractivity contribution in [2.24, 2.45) is 4.99 Å². The number of Topliss-reactive ketones (excluding diaryl/α,β-unsaturated/α-hetero) is 1. The molecule has 1 aliphatic rings. The molecule has 0 amide bonds. The number of carbonyl (C=O) groups excluding carboxylic acids is 1. The van der Waals surface area contributed by atoms with Crippen LogP contribution in [0.3, 0.4) is 0 Å². The molecule has 2 unspecified atom stereocenters. The van der Waals surface area contributed by atoms with Crippen molar-refractivity contribution in [1.29, 1.82) is 0 Å². The first-order valence-corrected chi connectivity index (χ1v) is 15.0. The third kappa shape index (κ3) is 15.9. The number of aliphatic hydroxyl groups is 2. The normalized spacial score (nSPS) is 18.8. The van der Waals surface area contributed by atoms with E-state index >= 15 is 0 Å². The molecule has 1 aliphatic heterocycles. The third-order valence-corrected chi connectivity index (χ3v) is 7.52. The van der Waals surface area contributed by atoms with Crippen molar-refractivity contribution < 1.29 is 62.0 Å². The van der Waals surface area contributed by atoms with Crippen molar-refractivity contribution in [2.45, 2.75) is 109 Å². The van der Waals surface area contributed by atoms with E-state index in [-0.39, 0.29) is 59.5 Å². The molecule has 0 aromatic heterocycles. The summed E-state index contributed by atoms with van der Waals surface area (Å²) in [7, 11) is -4.58. The van der Waals surface area contributed by atoms with Crippen LogP contribution in [-0.2, 0) is 14.9 Å². The molecule has 200 valence electrons. The summed E-state index contributed by atoms with van der Waals surface area (Å²) in [4.78, 5) is 17.2. The molecule has 1 rings (SSSR count). The Morgan fingerprint density at radius 1 is 0.971 bits per heavy atom. The Balaban J connectivity index is 0.0000116. The summed E-state index contributed by atoms with van der Waals surface area (Å²) < 4.78 is 32.9. The molecule has 2 atom stereocenters. The number of rotatable bonds is 22. The average Bonchev–Trinajstić information content (AvgIpc) is 3.15. The fourth-order valence-electron chi connectivity index (χ4n) is 4.92. The van der Waals surface area contributed by atoms with Crippen LogP contribution in [0.25, 0.3) is 0 Å². The van der Waals surface area contributed by atoms with E-state index in [0.717, 1.165) is 19.3 Å². The van der Waals surface area contributed by atoms with Gasteiger partial charge in [-0.15, -0.1) is 0 Å².